The van der Waals surface area contributed by atoms with Gasteiger partial charge in [0.2, 0.25) is 5.91 Å². The molecule has 126 valence electrons. The van der Waals surface area contributed by atoms with Gasteiger partial charge in [-0.15, -0.1) is 0 Å². The number of H-pyrrole nitrogens is 1. The molecule has 2 heterocycles. The van der Waals surface area contributed by atoms with Gasteiger partial charge in [-0.25, -0.2) is 8.78 Å². The Morgan fingerprint density at radius 1 is 1.12 bits per heavy atom. The summed E-state index contributed by atoms with van der Waals surface area (Å²) < 4.78 is 28.0. The number of nitrogens with one attached hydrogen (secondary N) is 2. The third-order valence-electron chi connectivity index (χ3n) is 4.27. The van der Waals surface area contributed by atoms with E-state index in [9.17, 15) is 13.6 Å². The molecule has 1 aliphatic heterocycles. The van der Waals surface area contributed by atoms with Crippen molar-refractivity contribution in [2.24, 2.45) is 0 Å². The zero-order valence-electron chi connectivity index (χ0n) is 12.8. The highest BCUT2D eigenvalue weighted by Gasteiger charge is 2.33. The van der Waals surface area contributed by atoms with Crippen molar-refractivity contribution >= 4 is 23.3 Å². The van der Waals surface area contributed by atoms with Crippen molar-refractivity contribution in [3.8, 4) is 11.3 Å². The molecule has 0 aliphatic carbocycles. The number of carbonyl (C=O) groups excluding carboxylic acids is 1. The molecule has 0 saturated carbocycles. The molecule has 0 saturated heterocycles. The minimum absolute atomic E-state index is 0.00744. The van der Waals surface area contributed by atoms with Crippen LogP contribution in [0.5, 0.6) is 0 Å². The summed E-state index contributed by atoms with van der Waals surface area (Å²) in [4.78, 5) is 12.0. The number of anilines is 1. The van der Waals surface area contributed by atoms with Crippen molar-refractivity contribution in [1.82, 2.24) is 10.2 Å². The summed E-state index contributed by atoms with van der Waals surface area (Å²) in [5.41, 5.74) is 2.19. The average molecular weight is 360 g/mol. The van der Waals surface area contributed by atoms with Crippen molar-refractivity contribution in [2.75, 3.05) is 5.32 Å². The Balaban J connectivity index is 1.90. The van der Waals surface area contributed by atoms with Crippen LogP contribution in [0.25, 0.3) is 11.3 Å². The van der Waals surface area contributed by atoms with Crippen molar-refractivity contribution in [3.05, 3.63) is 70.2 Å². The minimum Gasteiger partial charge on any atom is -0.309 e. The number of amides is 1. The molecule has 0 bridgehead atoms. The Kier molecular flexibility index (Phi) is 3.77. The van der Waals surface area contributed by atoms with Crippen LogP contribution < -0.4 is 5.32 Å². The first-order valence-electron chi connectivity index (χ1n) is 7.62. The fourth-order valence-corrected chi connectivity index (χ4v) is 3.27. The van der Waals surface area contributed by atoms with Gasteiger partial charge in [-0.05, 0) is 35.9 Å². The van der Waals surface area contributed by atoms with Crippen LogP contribution in [0.3, 0.4) is 0 Å². The summed E-state index contributed by atoms with van der Waals surface area (Å²) >= 11 is 5.92. The number of aromatic amines is 1. The predicted octanol–water partition coefficient (Wildman–Crippen LogP) is 4.48. The average Bonchev–Trinajstić information content (AvgIpc) is 3.01. The fourth-order valence-electron chi connectivity index (χ4n) is 3.14. The van der Waals surface area contributed by atoms with Gasteiger partial charge in [-0.3, -0.25) is 9.89 Å². The number of rotatable bonds is 2. The first kappa shape index (κ1) is 15.8. The number of benzene rings is 2. The SMILES string of the molecule is O=C1CC(c2cc(F)ccc2F)c2c(n[nH]c2-c2ccc(Cl)cc2)N1. The molecule has 1 unspecified atom stereocenters. The molecule has 7 heteroatoms. The maximum atomic E-state index is 14.3. The molecule has 1 amide bonds. The van der Waals surface area contributed by atoms with E-state index in [1.807, 2.05) is 0 Å². The normalized spacial score (nSPS) is 16.4. The van der Waals surface area contributed by atoms with Crippen LogP contribution in [0.2, 0.25) is 5.02 Å². The monoisotopic (exact) mass is 359 g/mol. The Morgan fingerprint density at radius 2 is 1.88 bits per heavy atom. The van der Waals surface area contributed by atoms with E-state index >= 15 is 0 Å². The summed E-state index contributed by atoms with van der Waals surface area (Å²) in [7, 11) is 0. The molecule has 2 aromatic carbocycles. The lowest BCUT2D eigenvalue weighted by atomic mass is 9.84. The maximum Gasteiger partial charge on any atom is 0.226 e. The molecule has 0 radical (unpaired) electrons. The molecular weight excluding hydrogens is 348 g/mol. The standard InChI is InChI=1S/C18H12ClF2N3O/c19-10-3-1-9(2-4-10)17-16-13(8-15(25)22-18(16)24-23-17)12-7-11(20)5-6-14(12)21/h1-7,13H,8H2,(H2,22,23,24,25). The zero-order valence-corrected chi connectivity index (χ0v) is 13.6. The lowest BCUT2D eigenvalue weighted by molar-refractivity contribution is -0.116. The maximum absolute atomic E-state index is 14.3. The van der Waals surface area contributed by atoms with Crippen LogP contribution in [0.4, 0.5) is 14.6 Å². The number of nitrogens with zero attached hydrogens (tertiary/aromatic N) is 1. The van der Waals surface area contributed by atoms with Crippen molar-refractivity contribution in [3.63, 3.8) is 0 Å². The molecule has 1 aliphatic rings. The number of fused-ring (bicyclic) bond motifs is 1. The minimum atomic E-state index is -0.635. The summed E-state index contributed by atoms with van der Waals surface area (Å²) in [6, 6.07) is 10.3. The molecule has 0 fully saturated rings. The van der Waals surface area contributed by atoms with Gasteiger partial charge >= 0.3 is 0 Å². The zero-order chi connectivity index (χ0) is 17.6. The van der Waals surface area contributed by atoms with E-state index in [0.29, 0.717) is 22.1 Å². The molecule has 25 heavy (non-hydrogen) atoms. The smallest absolute Gasteiger partial charge is 0.226 e. The van der Waals surface area contributed by atoms with Crippen LogP contribution >= 0.6 is 11.6 Å². The van der Waals surface area contributed by atoms with Crippen LogP contribution in [-0.2, 0) is 4.79 Å². The number of hydrogen-bond acceptors (Lipinski definition) is 2. The molecular formula is C18H12ClF2N3O. The second kappa shape index (κ2) is 5.97. The number of hydrogen-bond donors (Lipinski definition) is 2. The first-order valence-corrected chi connectivity index (χ1v) is 7.99. The topological polar surface area (TPSA) is 57.8 Å². The third kappa shape index (κ3) is 2.78. The molecule has 2 N–H and O–H groups in total. The van der Waals surface area contributed by atoms with Crippen LogP contribution in [0.15, 0.2) is 42.5 Å². The highest BCUT2D eigenvalue weighted by atomic mass is 35.5. The summed E-state index contributed by atoms with van der Waals surface area (Å²) in [6.07, 6.45) is 0.00744. The largest absolute Gasteiger partial charge is 0.309 e. The number of aromatic nitrogens is 2. The molecule has 0 spiro atoms. The summed E-state index contributed by atoms with van der Waals surface area (Å²) in [5, 5.41) is 10.3. The van der Waals surface area contributed by atoms with Gasteiger partial charge in [-0.1, -0.05) is 23.7 Å². The van der Waals surface area contributed by atoms with E-state index < -0.39 is 17.6 Å². The van der Waals surface area contributed by atoms with E-state index in [1.165, 1.54) is 0 Å². The second-order valence-electron chi connectivity index (χ2n) is 5.84. The lowest BCUT2D eigenvalue weighted by Crippen LogP contribution is -2.24. The van der Waals surface area contributed by atoms with Gasteiger partial charge in [0.25, 0.3) is 0 Å². The predicted molar refractivity (Wildman–Crippen MR) is 90.5 cm³/mol. The highest BCUT2D eigenvalue weighted by molar-refractivity contribution is 6.30. The van der Waals surface area contributed by atoms with Gasteiger partial charge in [0.15, 0.2) is 5.82 Å². The van der Waals surface area contributed by atoms with E-state index in [0.717, 1.165) is 23.8 Å². The van der Waals surface area contributed by atoms with Crippen LogP contribution in [0, 0.1) is 11.6 Å². The second-order valence-corrected chi connectivity index (χ2v) is 6.27. The van der Waals surface area contributed by atoms with E-state index in [2.05, 4.69) is 15.5 Å². The summed E-state index contributed by atoms with van der Waals surface area (Å²) in [5.74, 6) is -1.72. The lowest BCUT2D eigenvalue weighted by Gasteiger charge is -2.24. The van der Waals surface area contributed by atoms with Gasteiger partial charge in [0.05, 0.1) is 5.69 Å². The van der Waals surface area contributed by atoms with Crippen molar-refractivity contribution in [2.45, 2.75) is 12.3 Å². The number of carbonyl (C=O) groups is 1. The Hall–Kier alpha value is -2.73. The first-order chi connectivity index (χ1) is 12.0. The molecule has 1 atom stereocenters. The highest BCUT2D eigenvalue weighted by Crippen LogP contribution is 2.42. The van der Waals surface area contributed by atoms with Gasteiger partial charge in [0.1, 0.15) is 11.6 Å². The van der Waals surface area contributed by atoms with Gasteiger partial charge < -0.3 is 5.32 Å². The van der Waals surface area contributed by atoms with Crippen molar-refractivity contribution < 1.29 is 13.6 Å². The van der Waals surface area contributed by atoms with E-state index in [4.69, 9.17) is 11.6 Å². The summed E-state index contributed by atoms with van der Waals surface area (Å²) in [6.45, 7) is 0. The van der Waals surface area contributed by atoms with Crippen LogP contribution in [-0.4, -0.2) is 16.1 Å². The fraction of sp³-hybridized carbons (Fsp3) is 0.111. The van der Waals surface area contributed by atoms with Gasteiger partial charge in [-0.2, -0.15) is 5.10 Å². The molecule has 1 aromatic heterocycles. The van der Waals surface area contributed by atoms with Gasteiger partial charge in [0, 0.05) is 28.5 Å². The molecule has 4 nitrogen and oxygen atoms in total. The third-order valence-corrected chi connectivity index (χ3v) is 4.52. The van der Waals surface area contributed by atoms with E-state index in [-0.39, 0.29) is 17.9 Å². The molecule has 4 rings (SSSR count). The van der Waals surface area contributed by atoms with Crippen molar-refractivity contribution in [1.29, 1.82) is 0 Å². The molecule has 3 aromatic rings. The Labute approximate surface area is 146 Å². The van der Waals surface area contributed by atoms with Crippen LogP contribution in [0.1, 0.15) is 23.5 Å². The Morgan fingerprint density at radius 3 is 2.64 bits per heavy atom. The Bertz CT molecular complexity index is 969. The van der Waals surface area contributed by atoms with E-state index in [1.54, 1.807) is 24.3 Å². The quantitative estimate of drug-likeness (QED) is 0.708. The number of halogens is 3.